The highest BCUT2D eigenvalue weighted by atomic mass is 16.4. The molecule has 1 rings (SSSR count). The third kappa shape index (κ3) is 4.87. The van der Waals surface area contributed by atoms with Crippen LogP contribution in [0.3, 0.4) is 0 Å². The first kappa shape index (κ1) is 15.9. The Kier molecular flexibility index (Phi) is 5.96. The van der Waals surface area contributed by atoms with Crippen LogP contribution in [0.4, 0.5) is 4.79 Å². The molecule has 1 heterocycles. The lowest BCUT2D eigenvalue weighted by Crippen LogP contribution is -2.48. The van der Waals surface area contributed by atoms with Gasteiger partial charge in [-0.05, 0) is 25.0 Å². The van der Waals surface area contributed by atoms with Crippen LogP contribution in [0.1, 0.15) is 31.7 Å². The van der Waals surface area contributed by atoms with Gasteiger partial charge in [0.1, 0.15) is 6.04 Å². The van der Waals surface area contributed by atoms with Crippen molar-refractivity contribution in [1.29, 1.82) is 0 Å². The summed E-state index contributed by atoms with van der Waals surface area (Å²) in [5, 5.41) is 14.2. The Morgan fingerprint density at radius 3 is 2.65 bits per heavy atom. The molecule has 0 spiro atoms. The van der Waals surface area contributed by atoms with Gasteiger partial charge in [0.15, 0.2) is 0 Å². The van der Waals surface area contributed by atoms with Gasteiger partial charge in [-0.25, -0.2) is 9.59 Å². The molecule has 1 aromatic heterocycles. The number of urea groups is 1. The van der Waals surface area contributed by atoms with Gasteiger partial charge in [0.2, 0.25) is 0 Å². The highest BCUT2D eigenvalue weighted by molar-refractivity contribution is 5.82. The van der Waals surface area contributed by atoms with E-state index >= 15 is 0 Å². The van der Waals surface area contributed by atoms with E-state index < -0.39 is 18.0 Å². The number of aliphatic carboxylic acids is 1. The first-order valence-corrected chi connectivity index (χ1v) is 6.63. The largest absolute Gasteiger partial charge is 0.480 e. The minimum Gasteiger partial charge on any atom is -0.480 e. The summed E-state index contributed by atoms with van der Waals surface area (Å²) >= 11 is 0. The van der Waals surface area contributed by atoms with Gasteiger partial charge in [0.05, 0.1) is 12.2 Å². The Morgan fingerprint density at radius 2 is 2.10 bits per heavy atom. The average molecular weight is 279 g/mol. The highest BCUT2D eigenvalue weighted by Crippen LogP contribution is 2.07. The van der Waals surface area contributed by atoms with E-state index in [4.69, 9.17) is 5.11 Å². The van der Waals surface area contributed by atoms with E-state index in [9.17, 15) is 9.59 Å². The van der Waals surface area contributed by atoms with Crippen molar-refractivity contribution < 1.29 is 14.7 Å². The van der Waals surface area contributed by atoms with Crippen molar-refractivity contribution in [3.8, 4) is 0 Å². The van der Waals surface area contributed by atoms with Crippen molar-refractivity contribution in [2.45, 2.75) is 39.8 Å². The van der Waals surface area contributed by atoms with Crippen LogP contribution in [0.25, 0.3) is 0 Å². The summed E-state index contributed by atoms with van der Waals surface area (Å²) in [5.41, 5.74) is 1.60. The van der Waals surface area contributed by atoms with Crippen LogP contribution in [0, 0.1) is 12.8 Å². The summed E-state index contributed by atoms with van der Waals surface area (Å²) in [6, 6.07) is 4.14. The van der Waals surface area contributed by atoms with E-state index in [-0.39, 0.29) is 12.5 Å². The van der Waals surface area contributed by atoms with Crippen LogP contribution in [-0.4, -0.2) is 28.1 Å². The number of carbonyl (C=O) groups excluding carboxylic acids is 1. The Balaban J connectivity index is 2.52. The van der Waals surface area contributed by atoms with Crippen LogP contribution < -0.4 is 10.6 Å². The second-order valence-electron chi connectivity index (χ2n) is 4.80. The van der Waals surface area contributed by atoms with Crippen molar-refractivity contribution in [2.24, 2.45) is 5.92 Å². The molecule has 1 aromatic rings. The number of carbonyl (C=O) groups is 2. The molecule has 0 saturated heterocycles. The predicted molar refractivity (Wildman–Crippen MR) is 75.2 cm³/mol. The number of nitrogens with one attached hydrogen (secondary N) is 2. The van der Waals surface area contributed by atoms with Crippen LogP contribution in [0.2, 0.25) is 0 Å². The van der Waals surface area contributed by atoms with E-state index in [1.807, 2.05) is 26.0 Å². The topological polar surface area (TPSA) is 91.3 Å². The Morgan fingerprint density at radius 1 is 1.40 bits per heavy atom. The van der Waals surface area contributed by atoms with E-state index in [0.717, 1.165) is 11.4 Å². The highest BCUT2D eigenvalue weighted by Gasteiger charge is 2.25. The predicted octanol–water partition coefficient (Wildman–Crippen LogP) is 1.69. The number of nitrogens with zero attached hydrogens (tertiary/aromatic N) is 1. The van der Waals surface area contributed by atoms with Gasteiger partial charge in [-0.1, -0.05) is 26.3 Å². The SMILES string of the molecule is CCC(C)[C@H](NC(=O)NCc1cccc(C)n1)C(=O)O. The number of carboxylic acids is 1. The van der Waals surface area contributed by atoms with Crippen molar-refractivity contribution in [2.75, 3.05) is 0 Å². The van der Waals surface area contributed by atoms with E-state index in [1.165, 1.54) is 0 Å². The van der Waals surface area contributed by atoms with Crippen molar-refractivity contribution in [3.05, 3.63) is 29.6 Å². The Hall–Kier alpha value is -2.11. The van der Waals surface area contributed by atoms with Crippen molar-refractivity contribution in [1.82, 2.24) is 15.6 Å². The molecule has 3 N–H and O–H groups in total. The average Bonchev–Trinajstić information content (AvgIpc) is 2.41. The number of hydrogen-bond donors (Lipinski definition) is 3. The molecule has 6 heteroatoms. The number of aromatic nitrogens is 1. The second kappa shape index (κ2) is 7.47. The van der Waals surface area contributed by atoms with Gasteiger partial charge in [-0.15, -0.1) is 0 Å². The monoisotopic (exact) mass is 279 g/mol. The normalized spacial score (nSPS) is 13.3. The Bertz CT molecular complexity index is 476. The summed E-state index contributed by atoms with van der Waals surface area (Å²) in [6.07, 6.45) is 0.677. The van der Waals surface area contributed by atoms with Gasteiger partial charge < -0.3 is 15.7 Å². The van der Waals surface area contributed by atoms with Gasteiger partial charge in [-0.2, -0.15) is 0 Å². The fourth-order valence-corrected chi connectivity index (χ4v) is 1.74. The van der Waals surface area contributed by atoms with Gasteiger partial charge in [0, 0.05) is 5.69 Å². The summed E-state index contributed by atoms with van der Waals surface area (Å²) in [6.45, 7) is 5.81. The number of rotatable bonds is 6. The van der Waals surface area contributed by atoms with Crippen LogP contribution in [0.5, 0.6) is 0 Å². The van der Waals surface area contributed by atoms with E-state index in [1.54, 1.807) is 13.0 Å². The summed E-state index contributed by atoms with van der Waals surface area (Å²) in [5.74, 6) is -1.15. The molecule has 0 radical (unpaired) electrons. The molecule has 20 heavy (non-hydrogen) atoms. The second-order valence-corrected chi connectivity index (χ2v) is 4.80. The number of carboxylic acid groups (broad SMARTS) is 1. The lowest BCUT2D eigenvalue weighted by Gasteiger charge is -2.20. The molecule has 0 aliphatic rings. The summed E-state index contributed by atoms with van der Waals surface area (Å²) in [7, 11) is 0. The van der Waals surface area contributed by atoms with Crippen LogP contribution in [-0.2, 0) is 11.3 Å². The van der Waals surface area contributed by atoms with Crippen LogP contribution in [0.15, 0.2) is 18.2 Å². The maximum absolute atomic E-state index is 11.7. The molecule has 2 amide bonds. The quantitative estimate of drug-likeness (QED) is 0.739. The molecule has 0 fully saturated rings. The lowest BCUT2D eigenvalue weighted by molar-refractivity contribution is -0.140. The van der Waals surface area contributed by atoms with E-state index in [2.05, 4.69) is 15.6 Å². The molecule has 6 nitrogen and oxygen atoms in total. The zero-order chi connectivity index (χ0) is 15.1. The number of hydrogen-bond acceptors (Lipinski definition) is 3. The molecular formula is C14H21N3O3. The molecule has 0 aliphatic heterocycles. The number of pyridine rings is 1. The van der Waals surface area contributed by atoms with Crippen molar-refractivity contribution in [3.63, 3.8) is 0 Å². The molecule has 110 valence electrons. The lowest BCUT2D eigenvalue weighted by atomic mass is 9.99. The fourth-order valence-electron chi connectivity index (χ4n) is 1.74. The first-order valence-electron chi connectivity index (χ1n) is 6.63. The summed E-state index contributed by atoms with van der Waals surface area (Å²) in [4.78, 5) is 27.1. The fraction of sp³-hybridized carbons (Fsp3) is 0.500. The summed E-state index contributed by atoms with van der Waals surface area (Å²) < 4.78 is 0. The van der Waals surface area contributed by atoms with Gasteiger partial charge in [0.25, 0.3) is 0 Å². The van der Waals surface area contributed by atoms with E-state index in [0.29, 0.717) is 6.42 Å². The van der Waals surface area contributed by atoms with Crippen molar-refractivity contribution >= 4 is 12.0 Å². The van der Waals surface area contributed by atoms with Gasteiger partial charge >= 0.3 is 12.0 Å². The third-order valence-corrected chi connectivity index (χ3v) is 3.14. The molecule has 1 unspecified atom stereocenters. The molecule has 0 bridgehead atoms. The zero-order valence-corrected chi connectivity index (χ0v) is 12.0. The smallest absolute Gasteiger partial charge is 0.326 e. The molecule has 0 aromatic carbocycles. The standard InChI is InChI=1S/C14H21N3O3/c1-4-9(2)12(13(18)19)17-14(20)15-8-11-7-5-6-10(3)16-11/h5-7,9,12H,4,8H2,1-3H3,(H,18,19)(H2,15,17,20)/t9?,12-/m0/s1. The van der Waals surface area contributed by atoms with Gasteiger partial charge in [-0.3, -0.25) is 4.98 Å². The number of aryl methyl sites for hydroxylation is 1. The minimum atomic E-state index is -1.02. The zero-order valence-electron chi connectivity index (χ0n) is 12.0. The Labute approximate surface area is 118 Å². The third-order valence-electron chi connectivity index (χ3n) is 3.14. The number of amides is 2. The maximum atomic E-state index is 11.7. The molecule has 0 saturated carbocycles. The molecule has 0 aliphatic carbocycles. The maximum Gasteiger partial charge on any atom is 0.326 e. The molecular weight excluding hydrogens is 258 g/mol. The molecule has 2 atom stereocenters. The van der Waals surface area contributed by atoms with Crippen LogP contribution >= 0.6 is 0 Å². The first-order chi connectivity index (χ1) is 9.43. The minimum absolute atomic E-state index is 0.129.